The normalized spacial score (nSPS) is 18.8. The molecule has 4 heteroatoms. The fraction of sp³-hybridized carbons (Fsp3) is 0.467. The third-order valence-corrected chi connectivity index (χ3v) is 3.98. The molecule has 1 saturated heterocycles. The van der Waals surface area contributed by atoms with Crippen LogP contribution in [0, 0.1) is 0 Å². The summed E-state index contributed by atoms with van der Waals surface area (Å²) in [5.41, 5.74) is 2.50. The first-order valence-corrected chi connectivity index (χ1v) is 7.02. The molecular formula is C15H21N3O. The van der Waals surface area contributed by atoms with E-state index in [1.807, 2.05) is 6.20 Å². The van der Waals surface area contributed by atoms with E-state index in [-0.39, 0.29) is 6.61 Å². The van der Waals surface area contributed by atoms with Gasteiger partial charge in [-0.2, -0.15) is 0 Å². The average Bonchev–Trinajstić information content (AvgIpc) is 2.94. The van der Waals surface area contributed by atoms with Crippen LogP contribution >= 0.6 is 0 Å². The molecule has 0 bridgehead atoms. The van der Waals surface area contributed by atoms with Crippen LogP contribution in [0.5, 0.6) is 0 Å². The van der Waals surface area contributed by atoms with Gasteiger partial charge in [-0.05, 0) is 24.1 Å². The van der Waals surface area contributed by atoms with Crippen molar-refractivity contribution in [2.75, 3.05) is 32.8 Å². The number of H-pyrrole nitrogens is 1. The Balaban J connectivity index is 1.96. The van der Waals surface area contributed by atoms with Crippen molar-refractivity contribution in [1.82, 2.24) is 15.2 Å². The van der Waals surface area contributed by atoms with Gasteiger partial charge in [0.15, 0.2) is 0 Å². The van der Waals surface area contributed by atoms with E-state index in [4.69, 9.17) is 0 Å². The van der Waals surface area contributed by atoms with Gasteiger partial charge in [0.05, 0.1) is 0 Å². The summed E-state index contributed by atoms with van der Waals surface area (Å²) in [6.45, 7) is 4.39. The molecule has 0 radical (unpaired) electrons. The third-order valence-electron chi connectivity index (χ3n) is 3.98. The van der Waals surface area contributed by atoms with E-state index in [0.29, 0.717) is 6.04 Å². The number of fused-ring (bicyclic) bond motifs is 1. The maximum absolute atomic E-state index is 9.40. The Morgan fingerprint density at radius 1 is 1.21 bits per heavy atom. The molecule has 0 aliphatic carbocycles. The monoisotopic (exact) mass is 259 g/mol. The van der Waals surface area contributed by atoms with Crippen LogP contribution in [0.25, 0.3) is 10.9 Å². The van der Waals surface area contributed by atoms with Crippen LogP contribution in [-0.2, 0) is 0 Å². The topological polar surface area (TPSA) is 51.3 Å². The number of aliphatic hydroxyl groups excluding tert-OH is 1. The summed E-state index contributed by atoms with van der Waals surface area (Å²) in [4.78, 5) is 5.75. The first kappa shape index (κ1) is 12.7. The fourth-order valence-corrected chi connectivity index (χ4v) is 3.05. The summed E-state index contributed by atoms with van der Waals surface area (Å²) in [5.74, 6) is 0. The van der Waals surface area contributed by atoms with Gasteiger partial charge in [0.25, 0.3) is 0 Å². The number of benzene rings is 1. The minimum Gasteiger partial charge on any atom is -0.396 e. The SMILES string of the molecule is OCC[C@@H](c1cccc2[nH]ccc12)N1CCNCC1. The number of rotatable bonds is 4. The molecule has 1 aliphatic heterocycles. The molecule has 3 rings (SSSR count). The summed E-state index contributed by atoms with van der Waals surface area (Å²) in [6, 6.07) is 8.84. The second-order valence-corrected chi connectivity index (χ2v) is 5.10. The minimum atomic E-state index is 0.232. The molecule has 2 heterocycles. The Morgan fingerprint density at radius 2 is 2.05 bits per heavy atom. The van der Waals surface area contributed by atoms with Crippen molar-refractivity contribution in [3.63, 3.8) is 0 Å². The van der Waals surface area contributed by atoms with Crippen molar-refractivity contribution >= 4 is 10.9 Å². The van der Waals surface area contributed by atoms with Crippen LogP contribution in [0.2, 0.25) is 0 Å². The van der Waals surface area contributed by atoms with E-state index in [2.05, 4.69) is 39.5 Å². The largest absolute Gasteiger partial charge is 0.396 e. The minimum absolute atomic E-state index is 0.232. The molecule has 1 aromatic carbocycles. The lowest BCUT2D eigenvalue weighted by Crippen LogP contribution is -2.45. The highest BCUT2D eigenvalue weighted by Gasteiger charge is 2.23. The van der Waals surface area contributed by atoms with Crippen molar-refractivity contribution in [2.24, 2.45) is 0 Å². The number of piperazine rings is 1. The highest BCUT2D eigenvalue weighted by atomic mass is 16.3. The number of aromatic nitrogens is 1. The lowest BCUT2D eigenvalue weighted by atomic mass is 9.98. The quantitative estimate of drug-likeness (QED) is 0.780. The van der Waals surface area contributed by atoms with Crippen LogP contribution in [0.15, 0.2) is 30.5 Å². The van der Waals surface area contributed by atoms with E-state index in [1.165, 1.54) is 16.5 Å². The Morgan fingerprint density at radius 3 is 2.84 bits per heavy atom. The average molecular weight is 259 g/mol. The first-order chi connectivity index (χ1) is 9.40. The zero-order valence-electron chi connectivity index (χ0n) is 11.1. The Bertz CT molecular complexity index is 531. The lowest BCUT2D eigenvalue weighted by Gasteiger charge is -2.35. The second kappa shape index (κ2) is 5.74. The predicted molar refractivity (Wildman–Crippen MR) is 77.2 cm³/mol. The second-order valence-electron chi connectivity index (χ2n) is 5.10. The van der Waals surface area contributed by atoms with E-state index in [9.17, 15) is 5.11 Å². The lowest BCUT2D eigenvalue weighted by molar-refractivity contribution is 0.142. The Hall–Kier alpha value is -1.36. The van der Waals surface area contributed by atoms with Gasteiger partial charge in [0, 0.05) is 55.9 Å². The van der Waals surface area contributed by atoms with E-state index in [1.54, 1.807) is 0 Å². The van der Waals surface area contributed by atoms with E-state index < -0.39 is 0 Å². The number of hydrogen-bond donors (Lipinski definition) is 3. The van der Waals surface area contributed by atoms with Gasteiger partial charge in [0.2, 0.25) is 0 Å². The van der Waals surface area contributed by atoms with Crippen molar-refractivity contribution in [3.8, 4) is 0 Å². The van der Waals surface area contributed by atoms with Crippen LogP contribution in [-0.4, -0.2) is 47.8 Å². The van der Waals surface area contributed by atoms with Crippen molar-refractivity contribution in [1.29, 1.82) is 0 Å². The fourth-order valence-electron chi connectivity index (χ4n) is 3.05. The molecule has 0 saturated carbocycles. The molecule has 1 aliphatic rings. The first-order valence-electron chi connectivity index (χ1n) is 7.02. The van der Waals surface area contributed by atoms with Crippen molar-refractivity contribution in [2.45, 2.75) is 12.5 Å². The summed E-state index contributed by atoms with van der Waals surface area (Å²) < 4.78 is 0. The molecule has 102 valence electrons. The van der Waals surface area contributed by atoms with Crippen LogP contribution < -0.4 is 5.32 Å². The van der Waals surface area contributed by atoms with Crippen LogP contribution in [0.4, 0.5) is 0 Å². The Kier molecular flexibility index (Phi) is 3.82. The Labute approximate surface area is 113 Å². The van der Waals surface area contributed by atoms with Crippen LogP contribution in [0.3, 0.4) is 0 Å². The number of nitrogens with zero attached hydrogens (tertiary/aromatic N) is 1. The number of aromatic amines is 1. The van der Waals surface area contributed by atoms with Gasteiger partial charge >= 0.3 is 0 Å². The zero-order chi connectivity index (χ0) is 13.1. The third kappa shape index (κ3) is 2.52. The van der Waals surface area contributed by atoms with Gasteiger partial charge in [-0.15, -0.1) is 0 Å². The molecule has 4 nitrogen and oxygen atoms in total. The molecule has 1 atom stereocenters. The highest BCUT2D eigenvalue weighted by Crippen LogP contribution is 2.30. The molecule has 0 spiro atoms. The highest BCUT2D eigenvalue weighted by molar-refractivity contribution is 5.83. The van der Waals surface area contributed by atoms with Gasteiger partial charge in [-0.3, -0.25) is 4.90 Å². The molecule has 19 heavy (non-hydrogen) atoms. The zero-order valence-corrected chi connectivity index (χ0v) is 11.1. The number of nitrogens with one attached hydrogen (secondary N) is 2. The summed E-state index contributed by atoms with van der Waals surface area (Å²) >= 11 is 0. The standard InChI is InChI=1S/C15H21N3O/c19-11-5-15(18-9-7-16-8-10-18)13-2-1-3-14-12(13)4-6-17-14/h1-4,6,15-17,19H,5,7-11H2/t15-/m0/s1. The maximum atomic E-state index is 9.40. The molecule has 1 aromatic heterocycles. The van der Waals surface area contributed by atoms with Gasteiger partial charge < -0.3 is 15.4 Å². The summed E-state index contributed by atoms with van der Waals surface area (Å²) in [6.07, 6.45) is 2.78. The van der Waals surface area contributed by atoms with Gasteiger partial charge in [-0.25, -0.2) is 0 Å². The van der Waals surface area contributed by atoms with Crippen LogP contribution in [0.1, 0.15) is 18.0 Å². The molecule has 1 fully saturated rings. The van der Waals surface area contributed by atoms with Gasteiger partial charge in [0.1, 0.15) is 0 Å². The van der Waals surface area contributed by atoms with E-state index >= 15 is 0 Å². The smallest absolute Gasteiger partial charge is 0.0457 e. The van der Waals surface area contributed by atoms with E-state index in [0.717, 1.165) is 32.6 Å². The molecule has 0 unspecified atom stereocenters. The molecule has 2 aromatic rings. The predicted octanol–water partition coefficient (Wildman–Crippen LogP) is 1.50. The molecule has 3 N–H and O–H groups in total. The van der Waals surface area contributed by atoms with Crippen molar-refractivity contribution in [3.05, 3.63) is 36.0 Å². The summed E-state index contributed by atoms with van der Waals surface area (Å²) in [7, 11) is 0. The summed E-state index contributed by atoms with van der Waals surface area (Å²) in [5, 5.41) is 14.1. The van der Waals surface area contributed by atoms with Gasteiger partial charge in [-0.1, -0.05) is 12.1 Å². The maximum Gasteiger partial charge on any atom is 0.0457 e. The molecule has 0 amide bonds. The van der Waals surface area contributed by atoms with Crippen molar-refractivity contribution < 1.29 is 5.11 Å². The number of aliphatic hydroxyl groups is 1. The molecular weight excluding hydrogens is 238 g/mol. The number of hydrogen-bond acceptors (Lipinski definition) is 3.